The average Bonchev–Trinajstić information content (AvgIpc) is 3.05. The van der Waals surface area contributed by atoms with Crippen LogP contribution in [-0.4, -0.2) is 37.8 Å². The molecule has 0 spiro atoms. The number of hydrogen-bond acceptors (Lipinski definition) is 3. The summed E-state index contributed by atoms with van der Waals surface area (Å²) >= 11 is 0. The molecule has 1 saturated carbocycles. The van der Waals surface area contributed by atoms with E-state index in [0.717, 1.165) is 18.4 Å². The van der Waals surface area contributed by atoms with Gasteiger partial charge in [-0.2, -0.15) is 4.31 Å². The van der Waals surface area contributed by atoms with Gasteiger partial charge in [0.25, 0.3) is 0 Å². The molecule has 0 aliphatic heterocycles. The summed E-state index contributed by atoms with van der Waals surface area (Å²) in [6, 6.07) is 7.17. The van der Waals surface area contributed by atoms with Gasteiger partial charge in [0.15, 0.2) is 5.96 Å². The van der Waals surface area contributed by atoms with Crippen LogP contribution in [0.1, 0.15) is 45.1 Å². The van der Waals surface area contributed by atoms with Crippen LogP contribution in [0.4, 0.5) is 0 Å². The second-order valence-corrected chi connectivity index (χ2v) is 8.58. The van der Waals surface area contributed by atoms with Crippen LogP contribution in [-0.2, 0) is 16.6 Å². The molecule has 3 N–H and O–H groups in total. The van der Waals surface area contributed by atoms with E-state index >= 15 is 0 Å². The fourth-order valence-electron chi connectivity index (χ4n) is 2.71. The molecule has 0 saturated heterocycles. The maximum absolute atomic E-state index is 12.4. The van der Waals surface area contributed by atoms with E-state index in [1.54, 1.807) is 31.3 Å². The highest BCUT2D eigenvalue weighted by Crippen LogP contribution is 2.18. The lowest BCUT2D eigenvalue weighted by atomic mass is 10.2. The van der Waals surface area contributed by atoms with E-state index in [9.17, 15) is 8.42 Å². The number of sulfonamides is 1. The molecule has 134 valence electrons. The molecule has 1 fully saturated rings. The van der Waals surface area contributed by atoms with Gasteiger partial charge in [-0.3, -0.25) is 0 Å². The maximum atomic E-state index is 12.4. The van der Waals surface area contributed by atoms with Gasteiger partial charge in [-0.05, 0) is 44.4 Å². The number of nitrogens with two attached hydrogens (primary N) is 1. The van der Waals surface area contributed by atoms with Gasteiger partial charge in [0, 0.05) is 19.1 Å². The number of guanidine groups is 1. The van der Waals surface area contributed by atoms with E-state index < -0.39 is 10.0 Å². The largest absolute Gasteiger partial charge is 0.370 e. The fourth-order valence-corrected chi connectivity index (χ4v) is 4.08. The smallest absolute Gasteiger partial charge is 0.243 e. The molecular weight excluding hydrogens is 324 g/mol. The van der Waals surface area contributed by atoms with Gasteiger partial charge < -0.3 is 11.1 Å². The molecule has 0 bridgehead atoms. The molecule has 1 aromatic carbocycles. The molecule has 0 atom stereocenters. The molecule has 0 amide bonds. The van der Waals surface area contributed by atoms with E-state index in [1.165, 1.54) is 17.1 Å². The minimum atomic E-state index is -3.44. The zero-order chi connectivity index (χ0) is 17.7. The van der Waals surface area contributed by atoms with Crippen molar-refractivity contribution in [3.05, 3.63) is 29.8 Å². The Morgan fingerprint density at radius 2 is 1.88 bits per heavy atom. The SMILES string of the molecule is CC(C)N(C)S(=O)(=O)c1ccc(CN=C(N)NC2CCCC2)cc1. The summed E-state index contributed by atoms with van der Waals surface area (Å²) in [6.45, 7) is 4.13. The van der Waals surface area contributed by atoms with E-state index in [-0.39, 0.29) is 6.04 Å². The van der Waals surface area contributed by atoms with Gasteiger partial charge >= 0.3 is 0 Å². The first-order valence-electron chi connectivity index (χ1n) is 8.44. The summed E-state index contributed by atoms with van der Waals surface area (Å²) in [5.41, 5.74) is 6.84. The quantitative estimate of drug-likeness (QED) is 0.606. The molecule has 24 heavy (non-hydrogen) atoms. The summed E-state index contributed by atoms with van der Waals surface area (Å²) in [6.07, 6.45) is 4.77. The lowest BCUT2D eigenvalue weighted by Gasteiger charge is -2.21. The number of benzene rings is 1. The van der Waals surface area contributed by atoms with E-state index in [2.05, 4.69) is 10.3 Å². The third kappa shape index (κ3) is 4.70. The van der Waals surface area contributed by atoms with Crippen molar-refractivity contribution in [2.75, 3.05) is 7.05 Å². The Hall–Kier alpha value is -1.60. The predicted octanol–water partition coefficient (Wildman–Crippen LogP) is 2.06. The Morgan fingerprint density at radius 1 is 1.29 bits per heavy atom. The van der Waals surface area contributed by atoms with Gasteiger partial charge in [0.2, 0.25) is 10.0 Å². The van der Waals surface area contributed by atoms with Crippen molar-refractivity contribution < 1.29 is 8.42 Å². The third-order valence-corrected chi connectivity index (χ3v) is 6.51. The van der Waals surface area contributed by atoms with Crippen molar-refractivity contribution >= 4 is 16.0 Å². The summed E-state index contributed by atoms with van der Waals surface area (Å²) in [7, 11) is -1.85. The summed E-state index contributed by atoms with van der Waals surface area (Å²) in [4.78, 5) is 4.63. The van der Waals surface area contributed by atoms with Crippen molar-refractivity contribution in [2.24, 2.45) is 10.7 Å². The molecule has 0 unspecified atom stereocenters. The Morgan fingerprint density at radius 3 is 2.42 bits per heavy atom. The number of nitrogens with zero attached hydrogens (tertiary/aromatic N) is 2. The second kappa shape index (κ2) is 7.98. The van der Waals surface area contributed by atoms with E-state index in [4.69, 9.17) is 5.73 Å². The van der Waals surface area contributed by atoms with Gasteiger partial charge in [-0.15, -0.1) is 0 Å². The fraction of sp³-hybridized carbons (Fsp3) is 0.588. The van der Waals surface area contributed by atoms with Crippen molar-refractivity contribution in [2.45, 2.75) is 63.1 Å². The van der Waals surface area contributed by atoms with Crippen LogP contribution in [0.25, 0.3) is 0 Å². The van der Waals surface area contributed by atoms with Crippen molar-refractivity contribution in [1.29, 1.82) is 0 Å². The second-order valence-electron chi connectivity index (χ2n) is 6.59. The zero-order valence-electron chi connectivity index (χ0n) is 14.7. The van der Waals surface area contributed by atoms with Gasteiger partial charge in [-0.25, -0.2) is 13.4 Å². The predicted molar refractivity (Wildman–Crippen MR) is 97.2 cm³/mol. The molecular formula is C17H28N4O2S. The molecule has 0 aromatic heterocycles. The minimum absolute atomic E-state index is 0.0827. The normalized spacial score (nSPS) is 17.0. The van der Waals surface area contributed by atoms with Crippen LogP contribution in [0.2, 0.25) is 0 Å². The standard InChI is InChI=1S/C17H28N4O2S/c1-13(2)21(3)24(22,23)16-10-8-14(9-11-16)12-19-17(18)20-15-6-4-5-7-15/h8-11,13,15H,4-7,12H2,1-3H3,(H3,18,19,20). The Labute approximate surface area is 145 Å². The number of nitrogens with one attached hydrogen (secondary N) is 1. The summed E-state index contributed by atoms with van der Waals surface area (Å²) in [5, 5.41) is 3.24. The first kappa shape index (κ1) is 18.7. The van der Waals surface area contributed by atoms with Gasteiger partial charge in [0.05, 0.1) is 11.4 Å². The maximum Gasteiger partial charge on any atom is 0.243 e. The molecule has 2 rings (SSSR count). The topological polar surface area (TPSA) is 87.8 Å². The van der Waals surface area contributed by atoms with Crippen molar-refractivity contribution in [3.8, 4) is 0 Å². The van der Waals surface area contributed by atoms with Crippen LogP contribution in [0.15, 0.2) is 34.2 Å². The molecule has 6 nitrogen and oxygen atoms in total. The molecule has 1 aliphatic rings. The summed E-state index contributed by atoms with van der Waals surface area (Å²) < 4.78 is 26.2. The first-order valence-corrected chi connectivity index (χ1v) is 9.88. The molecule has 7 heteroatoms. The van der Waals surface area contributed by atoms with Crippen LogP contribution in [0.3, 0.4) is 0 Å². The molecule has 0 radical (unpaired) electrons. The van der Waals surface area contributed by atoms with Crippen molar-refractivity contribution in [1.82, 2.24) is 9.62 Å². The highest BCUT2D eigenvalue weighted by atomic mass is 32.2. The lowest BCUT2D eigenvalue weighted by Crippen LogP contribution is -2.38. The average molecular weight is 353 g/mol. The lowest BCUT2D eigenvalue weighted by molar-refractivity contribution is 0.410. The zero-order valence-corrected chi connectivity index (χ0v) is 15.5. The van der Waals surface area contributed by atoms with E-state index in [1.807, 2.05) is 13.8 Å². The Kier molecular flexibility index (Phi) is 6.23. The number of rotatable bonds is 6. The molecule has 0 heterocycles. The van der Waals surface area contributed by atoms with Crippen LogP contribution < -0.4 is 11.1 Å². The highest BCUT2D eigenvalue weighted by molar-refractivity contribution is 7.89. The molecule has 1 aromatic rings. The number of hydrogen-bond donors (Lipinski definition) is 2. The van der Waals surface area contributed by atoms with Crippen LogP contribution in [0.5, 0.6) is 0 Å². The van der Waals surface area contributed by atoms with Crippen LogP contribution in [0, 0.1) is 0 Å². The molecule has 1 aliphatic carbocycles. The van der Waals surface area contributed by atoms with Crippen LogP contribution >= 0.6 is 0 Å². The van der Waals surface area contributed by atoms with Gasteiger partial charge in [-0.1, -0.05) is 25.0 Å². The van der Waals surface area contributed by atoms with Crippen molar-refractivity contribution in [3.63, 3.8) is 0 Å². The van der Waals surface area contributed by atoms with Gasteiger partial charge in [0.1, 0.15) is 0 Å². The Balaban J connectivity index is 1.99. The highest BCUT2D eigenvalue weighted by Gasteiger charge is 2.22. The third-order valence-electron chi connectivity index (χ3n) is 4.47. The monoisotopic (exact) mass is 352 g/mol. The van der Waals surface area contributed by atoms with E-state index in [0.29, 0.717) is 23.4 Å². The number of aliphatic imine (C=N–C) groups is 1. The Bertz CT molecular complexity index is 662. The summed E-state index contributed by atoms with van der Waals surface area (Å²) in [5.74, 6) is 0.457. The minimum Gasteiger partial charge on any atom is -0.370 e. The first-order chi connectivity index (χ1) is 11.3.